The predicted molar refractivity (Wildman–Crippen MR) is 113 cm³/mol. The maximum absolute atomic E-state index is 13.2. The fraction of sp³-hybridized carbons (Fsp3) is 0.333. The van der Waals surface area contributed by atoms with Gasteiger partial charge in [-0.2, -0.15) is 0 Å². The number of amides is 2. The minimum atomic E-state index is -0.867. The lowest BCUT2D eigenvalue weighted by Gasteiger charge is -2.27. The molecular weight excluding hydrogens is 380 g/mol. The molecule has 1 heterocycles. The van der Waals surface area contributed by atoms with Crippen molar-refractivity contribution in [1.82, 2.24) is 4.90 Å². The van der Waals surface area contributed by atoms with Crippen LogP contribution < -0.4 is 5.32 Å². The van der Waals surface area contributed by atoms with E-state index in [0.29, 0.717) is 5.69 Å². The molecule has 6 heteroatoms. The first-order valence-corrected chi connectivity index (χ1v) is 10.1. The van der Waals surface area contributed by atoms with Gasteiger partial charge in [0.2, 0.25) is 0 Å². The Balaban J connectivity index is 1.63. The summed E-state index contributed by atoms with van der Waals surface area (Å²) in [5.74, 6) is -1.48. The summed E-state index contributed by atoms with van der Waals surface area (Å²) < 4.78 is 0. The Kier molecular flexibility index (Phi) is 4.80. The first-order chi connectivity index (χ1) is 14.2. The number of ketones is 2. The van der Waals surface area contributed by atoms with Gasteiger partial charge in [0.15, 0.2) is 5.78 Å². The summed E-state index contributed by atoms with van der Waals surface area (Å²) in [6, 6.07) is 12.1. The van der Waals surface area contributed by atoms with Crippen molar-refractivity contribution in [2.75, 3.05) is 5.32 Å². The van der Waals surface area contributed by atoms with E-state index < -0.39 is 17.9 Å². The Hall–Kier alpha value is -3.28. The highest BCUT2D eigenvalue weighted by atomic mass is 16.2. The number of imide groups is 1. The Morgan fingerprint density at radius 3 is 2.27 bits per heavy atom. The van der Waals surface area contributed by atoms with Crippen LogP contribution in [0.5, 0.6) is 0 Å². The van der Waals surface area contributed by atoms with Crippen LogP contribution in [0.2, 0.25) is 0 Å². The van der Waals surface area contributed by atoms with E-state index in [1.54, 1.807) is 18.2 Å². The molecule has 1 fully saturated rings. The standard InChI is InChI=1S/C24H24N2O4/c1-24(2,3)14-7-9-15(10-8-14)25-18-6-4-5-17-21(18)23(30)26(22(17)29)19-12-11-16(27)13-20(19)28/h4-10,19,25H,11-13H2,1-3H3. The van der Waals surface area contributed by atoms with Gasteiger partial charge in [-0.05, 0) is 41.7 Å². The average Bonchev–Trinajstić information content (AvgIpc) is 2.93. The minimum absolute atomic E-state index is 0.0311. The highest BCUT2D eigenvalue weighted by Crippen LogP contribution is 2.34. The van der Waals surface area contributed by atoms with E-state index in [0.717, 1.165) is 10.6 Å². The summed E-state index contributed by atoms with van der Waals surface area (Å²) in [5.41, 5.74) is 3.09. The number of hydrogen-bond donors (Lipinski definition) is 1. The molecule has 1 aliphatic heterocycles. The summed E-state index contributed by atoms with van der Waals surface area (Å²) in [7, 11) is 0. The van der Waals surface area contributed by atoms with E-state index in [2.05, 4.69) is 26.1 Å². The zero-order valence-corrected chi connectivity index (χ0v) is 17.3. The molecule has 4 rings (SSSR count). The van der Waals surface area contributed by atoms with Crippen molar-refractivity contribution < 1.29 is 19.2 Å². The predicted octanol–water partition coefficient (Wildman–Crippen LogP) is 4.01. The van der Waals surface area contributed by atoms with Crippen LogP contribution in [0, 0.1) is 0 Å². The third-order valence-electron chi connectivity index (χ3n) is 5.73. The minimum Gasteiger partial charge on any atom is -0.355 e. The van der Waals surface area contributed by atoms with Gasteiger partial charge < -0.3 is 5.32 Å². The SMILES string of the molecule is CC(C)(C)c1ccc(Nc2cccc3c2C(=O)N(C2CCC(=O)CC2=O)C3=O)cc1. The van der Waals surface area contributed by atoms with Gasteiger partial charge in [0, 0.05) is 12.1 Å². The summed E-state index contributed by atoms with van der Waals surface area (Å²) in [5, 5.41) is 3.24. The summed E-state index contributed by atoms with van der Waals surface area (Å²) in [6.45, 7) is 6.41. The number of anilines is 2. The molecule has 2 aliphatic rings. The quantitative estimate of drug-likeness (QED) is 0.617. The smallest absolute Gasteiger partial charge is 0.264 e. The van der Waals surface area contributed by atoms with Crippen molar-refractivity contribution in [3.8, 4) is 0 Å². The second kappa shape index (κ2) is 7.20. The molecule has 0 bridgehead atoms. The molecule has 1 saturated carbocycles. The molecule has 1 atom stereocenters. The van der Waals surface area contributed by atoms with Crippen molar-refractivity contribution in [2.24, 2.45) is 0 Å². The fourth-order valence-corrected chi connectivity index (χ4v) is 4.03. The van der Waals surface area contributed by atoms with Gasteiger partial charge in [-0.25, -0.2) is 0 Å². The maximum Gasteiger partial charge on any atom is 0.264 e. The molecule has 2 amide bonds. The number of carbonyl (C=O) groups excluding carboxylic acids is 4. The third-order valence-corrected chi connectivity index (χ3v) is 5.73. The second-order valence-corrected chi connectivity index (χ2v) is 8.90. The van der Waals surface area contributed by atoms with Gasteiger partial charge in [-0.15, -0.1) is 0 Å². The van der Waals surface area contributed by atoms with Crippen molar-refractivity contribution in [3.63, 3.8) is 0 Å². The van der Waals surface area contributed by atoms with Crippen molar-refractivity contribution >= 4 is 34.8 Å². The Morgan fingerprint density at radius 2 is 1.63 bits per heavy atom. The zero-order chi connectivity index (χ0) is 21.6. The fourth-order valence-electron chi connectivity index (χ4n) is 4.03. The molecule has 0 aromatic heterocycles. The highest BCUT2D eigenvalue weighted by molar-refractivity contribution is 6.25. The number of benzene rings is 2. The molecular formula is C24H24N2O4. The molecule has 2 aromatic rings. The average molecular weight is 404 g/mol. The number of Topliss-reactive ketones (excluding diaryl/α,β-unsaturated/α-hetero) is 2. The summed E-state index contributed by atoms with van der Waals surface area (Å²) in [6.07, 6.45) is 0.179. The molecule has 0 radical (unpaired) electrons. The molecule has 2 aromatic carbocycles. The van der Waals surface area contributed by atoms with Crippen LogP contribution in [0.15, 0.2) is 42.5 Å². The van der Waals surface area contributed by atoms with Crippen molar-refractivity contribution in [1.29, 1.82) is 0 Å². The van der Waals surface area contributed by atoms with E-state index in [-0.39, 0.29) is 47.4 Å². The number of hydrogen-bond acceptors (Lipinski definition) is 5. The Bertz CT molecular complexity index is 1060. The van der Waals surface area contributed by atoms with Gasteiger partial charge >= 0.3 is 0 Å². The Morgan fingerprint density at radius 1 is 0.933 bits per heavy atom. The molecule has 1 aliphatic carbocycles. The highest BCUT2D eigenvalue weighted by Gasteiger charge is 2.45. The number of fused-ring (bicyclic) bond motifs is 1. The van der Waals surface area contributed by atoms with E-state index in [1.165, 1.54) is 5.56 Å². The van der Waals surface area contributed by atoms with Gasteiger partial charge in [0.1, 0.15) is 5.78 Å². The van der Waals surface area contributed by atoms with Crippen LogP contribution in [0.4, 0.5) is 11.4 Å². The number of rotatable bonds is 3. The largest absolute Gasteiger partial charge is 0.355 e. The molecule has 1 unspecified atom stereocenters. The van der Waals surface area contributed by atoms with Crippen LogP contribution in [-0.2, 0) is 15.0 Å². The lowest BCUT2D eigenvalue weighted by molar-refractivity contribution is -0.132. The third kappa shape index (κ3) is 3.43. The van der Waals surface area contributed by atoms with Crippen LogP contribution in [0.25, 0.3) is 0 Å². The summed E-state index contributed by atoms with van der Waals surface area (Å²) in [4.78, 5) is 51.0. The lowest BCUT2D eigenvalue weighted by atomic mass is 9.87. The van der Waals surface area contributed by atoms with E-state index in [4.69, 9.17) is 0 Å². The van der Waals surface area contributed by atoms with Crippen LogP contribution in [-0.4, -0.2) is 34.3 Å². The monoisotopic (exact) mass is 404 g/mol. The van der Waals surface area contributed by atoms with Crippen molar-refractivity contribution in [2.45, 2.75) is 51.5 Å². The second-order valence-electron chi connectivity index (χ2n) is 8.90. The van der Waals surface area contributed by atoms with Crippen molar-refractivity contribution in [3.05, 3.63) is 59.2 Å². The summed E-state index contributed by atoms with van der Waals surface area (Å²) >= 11 is 0. The van der Waals surface area contributed by atoms with Gasteiger partial charge in [-0.3, -0.25) is 24.1 Å². The maximum atomic E-state index is 13.2. The molecule has 0 spiro atoms. The van der Waals surface area contributed by atoms with Crippen LogP contribution in [0.1, 0.15) is 66.3 Å². The first-order valence-electron chi connectivity index (χ1n) is 10.1. The number of carbonyl (C=O) groups is 4. The molecule has 1 N–H and O–H groups in total. The molecule has 0 saturated heterocycles. The first kappa shape index (κ1) is 20.0. The van der Waals surface area contributed by atoms with E-state index in [9.17, 15) is 19.2 Å². The van der Waals surface area contributed by atoms with E-state index >= 15 is 0 Å². The van der Waals surface area contributed by atoms with Gasteiger partial charge in [0.25, 0.3) is 11.8 Å². The lowest BCUT2D eigenvalue weighted by Crippen LogP contribution is -2.47. The van der Waals surface area contributed by atoms with E-state index in [1.807, 2.05) is 24.3 Å². The van der Waals surface area contributed by atoms with Crippen LogP contribution in [0.3, 0.4) is 0 Å². The topological polar surface area (TPSA) is 83.6 Å². The van der Waals surface area contributed by atoms with Crippen LogP contribution >= 0.6 is 0 Å². The number of nitrogens with one attached hydrogen (secondary N) is 1. The molecule has 154 valence electrons. The molecule has 6 nitrogen and oxygen atoms in total. The number of nitrogens with zero attached hydrogens (tertiary/aromatic N) is 1. The zero-order valence-electron chi connectivity index (χ0n) is 17.3. The molecule has 30 heavy (non-hydrogen) atoms. The van der Waals surface area contributed by atoms with Gasteiger partial charge in [0.05, 0.1) is 29.3 Å². The normalized spacial score (nSPS) is 19.3. The van der Waals surface area contributed by atoms with Gasteiger partial charge in [-0.1, -0.05) is 39.0 Å². The Labute approximate surface area is 175 Å².